The standard InChI is InChI=1S/C25H14BrCl2N3O2S/c26-13-7-9-20(28)18(11-13)24-30-21-12-14(8-10-22(21)33-24)29-25(34)31-23(32)17-5-1-4-16-15(17)3-2-6-19(16)27/h1-12H,(H2,29,31,32,34). The van der Waals surface area contributed by atoms with E-state index in [2.05, 4.69) is 31.5 Å². The number of amides is 1. The molecule has 0 radical (unpaired) electrons. The van der Waals surface area contributed by atoms with Crippen molar-refractivity contribution < 1.29 is 9.21 Å². The van der Waals surface area contributed by atoms with Gasteiger partial charge < -0.3 is 9.73 Å². The van der Waals surface area contributed by atoms with Gasteiger partial charge in [0.25, 0.3) is 5.91 Å². The molecule has 2 N–H and O–H groups in total. The Morgan fingerprint density at radius 3 is 2.59 bits per heavy atom. The van der Waals surface area contributed by atoms with Crippen LogP contribution in [0, 0.1) is 0 Å². The van der Waals surface area contributed by atoms with Gasteiger partial charge in [0, 0.05) is 26.1 Å². The van der Waals surface area contributed by atoms with Crippen molar-refractivity contribution in [1.82, 2.24) is 10.3 Å². The van der Waals surface area contributed by atoms with Crippen molar-refractivity contribution in [3.8, 4) is 11.5 Å². The third-order valence-electron chi connectivity index (χ3n) is 5.14. The van der Waals surface area contributed by atoms with E-state index in [1.54, 1.807) is 48.5 Å². The minimum Gasteiger partial charge on any atom is -0.436 e. The molecule has 1 aromatic heterocycles. The van der Waals surface area contributed by atoms with Crippen LogP contribution in [0.25, 0.3) is 33.3 Å². The van der Waals surface area contributed by atoms with Crippen LogP contribution in [0.15, 0.2) is 81.7 Å². The van der Waals surface area contributed by atoms with E-state index >= 15 is 0 Å². The molecule has 34 heavy (non-hydrogen) atoms. The molecule has 0 spiro atoms. The van der Waals surface area contributed by atoms with E-state index in [1.807, 2.05) is 24.3 Å². The highest BCUT2D eigenvalue weighted by atomic mass is 79.9. The molecule has 0 fully saturated rings. The third-order valence-corrected chi connectivity index (χ3v) is 6.50. The van der Waals surface area contributed by atoms with Crippen LogP contribution < -0.4 is 10.6 Å². The van der Waals surface area contributed by atoms with E-state index in [4.69, 9.17) is 39.8 Å². The van der Waals surface area contributed by atoms with E-state index < -0.39 is 0 Å². The third kappa shape index (κ3) is 4.52. The molecule has 0 aliphatic heterocycles. The first-order chi connectivity index (χ1) is 16.4. The van der Waals surface area contributed by atoms with Gasteiger partial charge in [0.15, 0.2) is 10.7 Å². The second-order valence-electron chi connectivity index (χ2n) is 7.37. The molecule has 0 atom stereocenters. The number of halogens is 3. The second kappa shape index (κ2) is 9.35. The molecule has 5 aromatic rings. The highest BCUT2D eigenvalue weighted by Crippen LogP contribution is 2.33. The average Bonchev–Trinajstić information content (AvgIpc) is 3.23. The van der Waals surface area contributed by atoms with E-state index in [1.165, 1.54) is 0 Å². The fourth-order valence-electron chi connectivity index (χ4n) is 3.58. The van der Waals surface area contributed by atoms with Crippen molar-refractivity contribution in [2.24, 2.45) is 0 Å². The number of thiocarbonyl (C=S) groups is 1. The lowest BCUT2D eigenvalue weighted by Crippen LogP contribution is -2.34. The fraction of sp³-hybridized carbons (Fsp3) is 0. The Kier molecular flexibility index (Phi) is 6.27. The zero-order valence-electron chi connectivity index (χ0n) is 17.2. The predicted octanol–water partition coefficient (Wildman–Crippen LogP) is 7.84. The van der Waals surface area contributed by atoms with E-state index in [-0.39, 0.29) is 11.0 Å². The summed E-state index contributed by atoms with van der Waals surface area (Å²) < 4.78 is 6.73. The number of carbonyl (C=O) groups is 1. The maximum Gasteiger partial charge on any atom is 0.258 e. The topological polar surface area (TPSA) is 67.2 Å². The Balaban J connectivity index is 1.35. The minimum absolute atomic E-state index is 0.155. The molecule has 1 heterocycles. The van der Waals surface area contributed by atoms with Gasteiger partial charge in [-0.25, -0.2) is 4.98 Å². The Morgan fingerprint density at radius 2 is 1.74 bits per heavy atom. The number of fused-ring (bicyclic) bond motifs is 2. The van der Waals surface area contributed by atoms with Gasteiger partial charge in [-0.15, -0.1) is 0 Å². The first-order valence-electron chi connectivity index (χ1n) is 10.0. The van der Waals surface area contributed by atoms with Crippen LogP contribution in [0.5, 0.6) is 0 Å². The molecule has 0 bridgehead atoms. The summed E-state index contributed by atoms with van der Waals surface area (Å²) in [5.41, 5.74) is 3.03. The summed E-state index contributed by atoms with van der Waals surface area (Å²) in [7, 11) is 0. The quantitative estimate of drug-likeness (QED) is 0.216. The molecule has 5 nitrogen and oxygen atoms in total. The highest BCUT2D eigenvalue weighted by molar-refractivity contribution is 9.10. The first kappa shape index (κ1) is 22.8. The Morgan fingerprint density at radius 1 is 0.941 bits per heavy atom. The number of carbonyl (C=O) groups excluding carboxylic acids is 1. The molecule has 168 valence electrons. The number of hydrogen-bond donors (Lipinski definition) is 2. The normalized spacial score (nSPS) is 11.0. The van der Waals surface area contributed by atoms with Gasteiger partial charge in [0.1, 0.15) is 5.52 Å². The molecule has 9 heteroatoms. The summed E-state index contributed by atoms with van der Waals surface area (Å²) >= 11 is 21.4. The van der Waals surface area contributed by atoms with Crippen LogP contribution in [0.1, 0.15) is 10.4 Å². The second-order valence-corrected chi connectivity index (χ2v) is 9.51. The van der Waals surface area contributed by atoms with Crippen LogP contribution in [-0.4, -0.2) is 16.0 Å². The summed E-state index contributed by atoms with van der Waals surface area (Å²) in [6.07, 6.45) is 0. The molecule has 0 saturated heterocycles. The van der Waals surface area contributed by atoms with Crippen molar-refractivity contribution in [3.05, 3.63) is 92.9 Å². The van der Waals surface area contributed by atoms with Crippen LogP contribution >= 0.6 is 51.3 Å². The number of nitrogens with zero attached hydrogens (tertiary/aromatic N) is 1. The van der Waals surface area contributed by atoms with Gasteiger partial charge in [-0.1, -0.05) is 63.4 Å². The minimum atomic E-state index is -0.334. The maximum atomic E-state index is 12.9. The molecule has 0 aliphatic carbocycles. The summed E-state index contributed by atoms with van der Waals surface area (Å²) in [5, 5.41) is 8.56. The molecule has 0 aliphatic rings. The van der Waals surface area contributed by atoms with Crippen LogP contribution in [-0.2, 0) is 0 Å². The molecular formula is C25H14BrCl2N3O2S. The van der Waals surface area contributed by atoms with Gasteiger partial charge >= 0.3 is 0 Å². The number of rotatable bonds is 3. The van der Waals surface area contributed by atoms with Crippen LogP contribution in [0.4, 0.5) is 5.69 Å². The van der Waals surface area contributed by atoms with Crippen LogP contribution in [0.2, 0.25) is 10.0 Å². The summed E-state index contributed by atoms with van der Waals surface area (Å²) in [6.45, 7) is 0. The average molecular weight is 571 g/mol. The number of oxazole rings is 1. The molecular weight excluding hydrogens is 557 g/mol. The monoisotopic (exact) mass is 569 g/mol. The molecule has 0 saturated carbocycles. The lowest BCUT2D eigenvalue weighted by molar-refractivity contribution is 0.0979. The first-order valence-corrected chi connectivity index (χ1v) is 12.0. The smallest absolute Gasteiger partial charge is 0.258 e. The van der Waals surface area contributed by atoms with Crippen molar-refractivity contribution >= 4 is 89.9 Å². The van der Waals surface area contributed by atoms with E-state index in [0.717, 1.165) is 15.2 Å². The zero-order chi connectivity index (χ0) is 23.8. The van der Waals surface area contributed by atoms with Crippen molar-refractivity contribution in [3.63, 3.8) is 0 Å². The fourth-order valence-corrected chi connectivity index (χ4v) is 4.59. The van der Waals surface area contributed by atoms with Gasteiger partial charge in [-0.3, -0.25) is 10.1 Å². The number of nitrogens with one attached hydrogen (secondary N) is 2. The summed E-state index contributed by atoms with van der Waals surface area (Å²) in [5.74, 6) is 0.0726. The summed E-state index contributed by atoms with van der Waals surface area (Å²) in [6, 6.07) is 21.6. The zero-order valence-corrected chi connectivity index (χ0v) is 21.1. The molecule has 0 unspecified atom stereocenters. The van der Waals surface area contributed by atoms with Crippen molar-refractivity contribution in [2.75, 3.05) is 5.32 Å². The molecule has 5 rings (SSSR count). The van der Waals surface area contributed by atoms with Crippen LogP contribution in [0.3, 0.4) is 0 Å². The lowest BCUT2D eigenvalue weighted by Gasteiger charge is -2.11. The van der Waals surface area contributed by atoms with Crippen molar-refractivity contribution in [1.29, 1.82) is 0 Å². The van der Waals surface area contributed by atoms with Gasteiger partial charge in [-0.05, 0) is 66.1 Å². The van der Waals surface area contributed by atoms with E-state index in [0.29, 0.717) is 43.9 Å². The lowest BCUT2D eigenvalue weighted by atomic mass is 10.0. The Labute approximate surface area is 218 Å². The number of aromatic nitrogens is 1. The SMILES string of the molecule is O=C(NC(=S)Nc1ccc2oc(-c3cc(Br)ccc3Cl)nc2c1)c1cccc2c(Cl)cccc12. The van der Waals surface area contributed by atoms with Gasteiger partial charge in [0.2, 0.25) is 5.89 Å². The molecule has 4 aromatic carbocycles. The largest absolute Gasteiger partial charge is 0.436 e. The molecule has 1 amide bonds. The van der Waals surface area contributed by atoms with E-state index in [9.17, 15) is 4.79 Å². The highest BCUT2D eigenvalue weighted by Gasteiger charge is 2.15. The number of anilines is 1. The maximum absolute atomic E-state index is 12.9. The summed E-state index contributed by atoms with van der Waals surface area (Å²) in [4.78, 5) is 17.4. The van der Waals surface area contributed by atoms with Gasteiger partial charge in [0.05, 0.1) is 10.6 Å². The number of benzene rings is 4. The predicted molar refractivity (Wildman–Crippen MR) is 145 cm³/mol. The van der Waals surface area contributed by atoms with Crippen molar-refractivity contribution in [2.45, 2.75) is 0 Å². The number of hydrogen-bond acceptors (Lipinski definition) is 4. The Hall–Kier alpha value is -2.97. The van der Waals surface area contributed by atoms with Gasteiger partial charge in [-0.2, -0.15) is 0 Å². The Bertz CT molecular complexity index is 1600.